The van der Waals surface area contributed by atoms with E-state index in [1.165, 1.54) is 0 Å². The molecule has 0 saturated carbocycles. The molecule has 1 aromatic rings. The third-order valence-electron chi connectivity index (χ3n) is 2.28. The fourth-order valence-electron chi connectivity index (χ4n) is 1.29. The molecule has 0 radical (unpaired) electrons. The number of carboxylic acid groups (broad SMARTS) is 1. The molecule has 2 amide bonds. The minimum Gasteiger partial charge on any atom is -0.480 e. The maximum Gasteiger partial charge on any atom is 0.322 e. The van der Waals surface area contributed by atoms with Crippen LogP contribution in [0.5, 0.6) is 0 Å². The van der Waals surface area contributed by atoms with E-state index in [-0.39, 0.29) is 0 Å². The van der Waals surface area contributed by atoms with E-state index in [9.17, 15) is 36.3 Å². The van der Waals surface area contributed by atoms with E-state index in [0.29, 0.717) is 0 Å². The number of amides is 2. The Morgan fingerprint density at radius 2 is 1.23 bits per heavy atom. The highest BCUT2D eigenvalue weighted by molar-refractivity contribution is 5.97. The Morgan fingerprint density at radius 1 is 0.773 bits per heavy atom. The number of carbonyl (C=O) groups is 3. The molecule has 22 heavy (non-hydrogen) atoms. The summed E-state index contributed by atoms with van der Waals surface area (Å²) in [6, 6.07) is 0. The quantitative estimate of drug-likeness (QED) is 0.412. The molecule has 0 fully saturated rings. The lowest BCUT2D eigenvalue weighted by atomic mass is 10.1. The first kappa shape index (κ1) is 17.3. The van der Waals surface area contributed by atoms with Gasteiger partial charge in [0.25, 0.3) is 5.91 Å². The lowest BCUT2D eigenvalue weighted by molar-refractivity contribution is -0.137. The average molecular weight is 326 g/mol. The number of rotatable bonds is 5. The van der Waals surface area contributed by atoms with Crippen molar-refractivity contribution in [1.82, 2.24) is 10.6 Å². The second-order valence-corrected chi connectivity index (χ2v) is 3.80. The summed E-state index contributed by atoms with van der Waals surface area (Å²) in [6.45, 7) is -1.71. The van der Waals surface area contributed by atoms with Crippen LogP contribution in [-0.2, 0) is 9.59 Å². The molecule has 0 spiro atoms. The number of carbonyl (C=O) groups excluding carboxylic acids is 2. The van der Waals surface area contributed by atoms with Crippen LogP contribution in [0.25, 0.3) is 0 Å². The number of benzene rings is 1. The van der Waals surface area contributed by atoms with Crippen LogP contribution in [0.15, 0.2) is 0 Å². The van der Waals surface area contributed by atoms with Gasteiger partial charge in [-0.15, -0.1) is 0 Å². The van der Waals surface area contributed by atoms with Crippen LogP contribution in [0, 0.1) is 29.1 Å². The van der Waals surface area contributed by atoms with Crippen LogP contribution in [0.1, 0.15) is 10.4 Å². The summed E-state index contributed by atoms with van der Waals surface area (Å²) in [4.78, 5) is 32.6. The summed E-state index contributed by atoms with van der Waals surface area (Å²) < 4.78 is 65.1. The minimum atomic E-state index is -2.43. The molecule has 1 aromatic carbocycles. The highest BCUT2D eigenvalue weighted by Crippen LogP contribution is 2.22. The molecule has 0 aromatic heterocycles. The number of hydrogen-bond acceptors (Lipinski definition) is 3. The van der Waals surface area contributed by atoms with Gasteiger partial charge < -0.3 is 15.7 Å². The molecule has 11 heteroatoms. The second kappa shape index (κ2) is 6.83. The Kier molecular flexibility index (Phi) is 5.38. The summed E-state index contributed by atoms with van der Waals surface area (Å²) in [5.74, 6) is -15.9. The van der Waals surface area contributed by atoms with E-state index in [1.807, 2.05) is 0 Å². The van der Waals surface area contributed by atoms with Crippen molar-refractivity contribution in [2.24, 2.45) is 0 Å². The molecule has 1 rings (SSSR count). The molecule has 0 unspecified atom stereocenters. The SMILES string of the molecule is O=C(O)CNC(=O)CNC(=O)c1c(F)c(F)c(F)c(F)c1F. The van der Waals surface area contributed by atoms with Gasteiger partial charge >= 0.3 is 5.97 Å². The van der Waals surface area contributed by atoms with Gasteiger partial charge in [0.05, 0.1) is 6.54 Å². The van der Waals surface area contributed by atoms with Crippen molar-refractivity contribution in [2.45, 2.75) is 0 Å². The van der Waals surface area contributed by atoms with Crippen LogP contribution < -0.4 is 10.6 Å². The molecule has 0 aliphatic carbocycles. The van der Waals surface area contributed by atoms with Gasteiger partial charge in [-0.05, 0) is 0 Å². The van der Waals surface area contributed by atoms with Crippen molar-refractivity contribution >= 4 is 17.8 Å². The third kappa shape index (κ3) is 3.68. The smallest absolute Gasteiger partial charge is 0.322 e. The highest BCUT2D eigenvalue weighted by Gasteiger charge is 2.29. The van der Waals surface area contributed by atoms with Crippen LogP contribution >= 0.6 is 0 Å². The standard InChI is InChI=1S/C11H7F5N2O4/c12-6-5(7(13)9(15)10(16)8(6)14)11(22)18-1-3(19)17-2-4(20)21/h1-2H2,(H,17,19)(H,18,22)(H,20,21). The van der Waals surface area contributed by atoms with Crippen molar-refractivity contribution < 1.29 is 41.4 Å². The minimum absolute atomic E-state index is 0.781. The molecule has 6 nitrogen and oxygen atoms in total. The maximum absolute atomic E-state index is 13.3. The Morgan fingerprint density at radius 3 is 1.68 bits per heavy atom. The number of halogens is 5. The van der Waals surface area contributed by atoms with Gasteiger partial charge in [-0.2, -0.15) is 0 Å². The second-order valence-electron chi connectivity index (χ2n) is 3.80. The van der Waals surface area contributed by atoms with Crippen LogP contribution in [0.2, 0.25) is 0 Å². The summed E-state index contributed by atoms with van der Waals surface area (Å²) in [6.07, 6.45) is 0. The Balaban J connectivity index is 2.87. The monoisotopic (exact) mass is 326 g/mol. The Bertz CT molecular complexity index is 621. The van der Waals surface area contributed by atoms with Gasteiger partial charge in [-0.25, -0.2) is 22.0 Å². The number of hydrogen-bond donors (Lipinski definition) is 3. The first-order valence-electron chi connectivity index (χ1n) is 5.45. The summed E-state index contributed by atoms with van der Waals surface area (Å²) in [5.41, 5.74) is -1.75. The molecule has 0 saturated heterocycles. The summed E-state index contributed by atoms with van der Waals surface area (Å²) >= 11 is 0. The molecule has 120 valence electrons. The predicted octanol–water partition coefficient (Wildman–Crippen LogP) is 0.313. The van der Waals surface area contributed by atoms with Crippen molar-refractivity contribution in [3.8, 4) is 0 Å². The lowest BCUT2D eigenvalue weighted by Gasteiger charge is -2.09. The fraction of sp³-hybridized carbons (Fsp3) is 0.182. The third-order valence-corrected chi connectivity index (χ3v) is 2.28. The Hall–Kier alpha value is -2.72. The molecule has 0 aliphatic rings. The zero-order chi connectivity index (χ0) is 17.0. The van der Waals surface area contributed by atoms with Gasteiger partial charge in [0.2, 0.25) is 11.7 Å². The molecular formula is C11H7F5N2O4. The molecule has 0 bridgehead atoms. The molecule has 0 aliphatic heterocycles. The number of carboxylic acids is 1. The number of nitrogens with one attached hydrogen (secondary N) is 2. The van der Waals surface area contributed by atoms with E-state index in [0.717, 1.165) is 0 Å². The van der Waals surface area contributed by atoms with Crippen LogP contribution in [0.3, 0.4) is 0 Å². The average Bonchev–Trinajstić information content (AvgIpc) is 2.47. The number of aliphatic carboxylic acids is 1. The Labute approximate surface area is 118 Å². The topological polar surface area (TPSA) is 95.5 Å². The van der Waals surface area contributed by atoms with Crippen molar-refractivity contribution in [3.63, 3.8) is 0 Å². The van der Waals surface area contributed by atoms with E-state index >= 15 is 0 Å². The fourth-order valence-corrected chi connectivity index (χ4v) is 1.29. The lowest BCUT2D eigenvalue weighted by Crippen LogP contribution is -2.39. The van der Waals surface area contributed by atoms with E-state index in [2.05, 4.69) is 0 Å². The molecular weight excluding hydrogens is 319 g/mol. The zero-order valence-corrected chi connectivity index (χ0v) is 10.5. The first-order valence-corrected chi connectivity index (χ1v) is 5.45. The van der Waals surface area contributed by atoms with Crippen LogP contribution in [0.4, 0.5) is 22.0 Å². The van der Waals surface area contributed by atoms with Gasteiger partial charge in [-0.1, -0.05) is 0 Å². The van der Waals surface area contributed by atoms with Crippen molar-refractivity contribution in [2.75, 3.05) is 13.1 Å². The van der Waals surface area contributed by atoms with E-state index in [1.54, 1.807) is 10.6 Å². The normalized spacial score (nSPS) is 10.2. The van der Waals surface area contributed by atoms with Gasteiger partial charge in [0, 0.05) is 0 Å². The van der Waals surface area contributed by atoms with E-state index in [4.69, 9.17) is 5.11 Å². The first-order chi connectivity index (χ1) is 10.2. The summed E-state index contributed by atoms with van der Waals surface area (Å²) in [7, 11) is 0. The van der Waals surface area contributed by atoms with Crippen LogP contribution in [-0.4, -0.2) is 36.0 Å². The maximum atomic E-state index is 13.3. The molecule has 0 atom stereocenters. The van der Waals surface area contributed by atoms with Crippen molar-refractivity contribution in [1.29, 1.82) is 0 Å². The molecule has 0 heterocycles. The van der Waals surface area contributed by atoms with E-state index < -0.39 is 65.5 Å². The largest absolute Gasteiger partial charge is 0.480 e. The zero-order valence-electron chi connectivity index (χ0n) is 10.5. The molecule has 3 N–H and O–H groups in total. The van der Waals surface area contributed by atoms with Crippen molar-refractivity contribution in [3.05, 3.63) is 34.6 Å². The highest BCUT2D eigenvalue weighted by atomic mass is 19.2. The summed E-state index contributed by atoms with van der Waals surface area (Å²) in [5, 5.41) is 11.7. The predicted molar refractivity (Wildman–Crippen MR) is 59.2 cm³/mol. The van der Waals surface area contributed by atoms with Gasteiger partial charge in [0.15, 0.2) is 23.3 Å². The van der Waals surface area contributed by atoms with Gasteiger partial charge in [0.1, 0.15) is 12.1 Å². The van der Waals surface area contributed by atoms with Gasteiger partial charge in [-0.3, -0.25) is 14.4 Å².